The van der Waals surface area contributed by atoms with E-state index < -0.39 is 10.0 Å². The third-order valence-electron chi connectivity index (χ3n) is 3.77. The molecule has 1 aliphatic heterocycles. The monoisotopic (exact) mass is 282 g/mol. The Balaban J connectivity index is 2.07. The first-order valence-electron chi connectivity index (χ1n) is 6.61. The summed E-state index contributed by atoms with van der Waals surface area (Å²) in [5, 5.41) is 0. The molecule has 0 bridgehead atoms. The summed E-state index contributed by atoms with van der Waals surface area (Å²) in [5.41, 5.74) is 7.29. The first-order chi connectivity index (χ1) is 8.78. The topological polar surface area (TPSA) is 63.4 Å². The molecular weight excluding hydrogens is 260 g/mol. The maximum absolute atomic E-state index is 12.4. The summed E-state index contributed by atoms with van der Waals surface area (Å²) >= 11 is 0. The Morgan fingerprint density at radius 3 is 2.47 bits per heavy atom. The van der Waals surface area contributed by atoms with Gasteiger partial charge in [0.15, 0.2) is 0 Å². The lowest BCUT2D eigenvalue weighted by molar-refractivity contribution is 0.195. The fourth-order valence-electron chi connectivity index (χ4n) is 2.35. The van der Waals surface area contributed by atoms with E-state index in [4.69, 9.17) is 5.73 Å². The number of hydrogen-bond donors (Lipinski definition) is 1. The number of sulfonamides is 1. The maximum Gasteiger partial charge on any atom is 0.218 e. The van der Waals surface area contributed by atoms with Gasteiger partial charge in [0.1, 0.15) is 0 Å². The van der Waals surface area contributed by atoms with Gasteiger partial charge in [0.2, 0.25) is 10.0 Å². The molecular formula is C14H22N2O2S. The van der Waals surface area contributed by atoms with Gasteiger partial charge in [0.05, 0.1) is 5.75 Å². The highest BCUT2D eigenvalue weighted by atomic mass is 32.2. The molecule has 1 aromatic rings. The Morgan fingerprint density at radius 1 is 1.26 bits per heavy atom. The van der Waals surface area contributed by atoms with Crippen LogP contribution in [0.4, 0.5) is 5.69 Å². The van der Waals surface area contributed by atoms with E-state index in [0.29, 0.717) is 18.8 Å². The fourth-order valence-corrected chi connectivity index (χ4v) is 3.88. The van der Waals surface area contributed by atoms with Gasteiger partial charge < -0.3 is 5.73 Å². The number of anilines is 1. The van der Waals surface area contributed by atoms with Crippen molar-refractivity contribution in [3.8, 4) is 0 Å². The van der Waals surface area contributed by atoms with Crippen molar-refractivity contribution in [3.63, 3.8) is 0 Å². The summed E-state index contributed by atoms with van der Waals surface area (Å²) in [6, 6.07) is 7.09. The average Bonchev–Trinajstić information content (AvgIpc) is 2.27. The van der Waals surface area contributed by atoms with E-state index in [0.717, 1.165) is 18.4 Å². The average molecular weight is 282 g/mol. The standard InChI is InChI=1S/C14H22N2O2S/c1-14(2)6-8-16(9-7-14)19(17,18)11-12-4-3-5-13(15)10-12/h3-5,10H,6-9,11,15H2,1-2H3. The highest BCUT2D eigenvalue weighted by Gasteiger charge is 2.31. The van der Waals surface area contributed by atoms with Crippen LogP contribution in [0, 0.1) is 5.41 Å². The van der Waals surface area contributed by atoms with E-state index in [1.165, 1.54) is 0 Å². The van der Waals surface area contributed by atoms with Gasteiger partial charge in [-0.2, -0.15) is 0 Å². The van der Waals surface area contributed by atoms with E-state index in [1.54, 1.807) is 22.5 Å². The summed E-state index contributed by atoms with van der Waals surface area (Å²) in [7, 11) is -3.23. The number of benzene rings is 1. The van der Waals surface area contributed by atoms with Crippen molar-refractivity contribution in [3.05, 3.63) is 29.8 Å². The molecule has 0 spiro atoms. The Labute approximate surface area is 115 Å². The van der Waals surface area contributed by atoms with E-state index in [-0.39, 0.29) is 11.2 Å². The maximum atomic E-state index is 12.4. The molecule has 1 fully saturated rings. The Hall–Kier alpha value is -1.07. The zero-order valence-corrected chi connectivity index (χ0v) is 12.4. The molecule has 1 heterocycles. The van der Waals surface area contributed by atoms with E-state index in [9.17, 15) is 8.42 Å². The molecule has 0 saturated carbocycles. The van der Waals surface area contributed by atoms with Crippen LogP contribution < -0.4 is 5.73 Å². The second-order valence-corrected chi connectivity index (χ2v) is 8.03. The van der Waals surface area contributed by atoms with Crippen LogP contribution in [-0.4, -0.2) is 25.8 Å². The molecule has 2 rings (SSSR count). The largest absolute Gasteiger partial charge is 0.399 e. The van der Waals surface area contributed by atoms with Crippen molar-refractivity contribution >= 4 is 15.7 Å². The molecule has 0 amide bonds. The fraction of sp³-hybridized carbons (Fsp3) is 0.571. The lowest BCUT2D eigenvalue weighted by Gasteiger charge is -2.36. The second-order valence-electron chi connectivity index (χ2n) is 6.06. The summed E-state index contributed by atoms with van der Waals surface area (Å²) < 4.78 is 26.3. The molecule has 0 unspecified atom stereocenters. The van der Waals surface area contributed by atoms with Crippen LogP contribution in [0.15, 0.2) is 24.3 Å². The zero-order chi connectivity index (χ0) is 14.1. The van der Waals surface area contributed by atoms with Crippen molar-refractivity contribution in [1.82, 2.24) is 4.31 Å². The molecule has 4 nitrogen and oxygen atoms in total. The third-order valence-corrected chi connectivity index (χ3v) is 5.62. The van der Waals surface area contributed by atoms with Gasteiger partial charge in [-0.25, -0.2) is 12.7 Å². The van der Waals surface area contributed by atoms with Gasteiger partial charge in [-0.3, -0.25) is 0 Å². The minimum Gasteiger partial charge on any atom is -0.399 e. The first kappa shape index (κ1) is 14.3. The number of nitrogens with zero attached hydrogens (tertiary/aromatic N) is 1. The summed E-state index contributed by atoms with van der Waals surface area (Å²) in [6.45, 7) is 5.62. The number of rotatable bonds is 3. The molecule has 0 atom stereocenters. The van der Waals surface area contributed by atoms with Crippen LogP contribution in [0.25, 0.3) is 0 Å². The molecule has 2 N–H and O–H groups in total. The predicted octanol–water partition coefficient (Wildman–Crippen LogP) is 2.22. The Kier molecular flexibility index (Phi) is 3.87. The normalized spacial score (nSPS) is 20.3. The van der Waals surface area contributed by atoms with Gasteiger partial charge in [-0.05, 0) is 36.0 Å². The highest BCUT2D eigenvalue weighted by Crippen LogP contribution is 2.31. The van der Waals surface area contributed by atoms with Gasteiger partial charge in [0.25, 0.3) is 0 Å². The Bertz CT molecular complexity index is 542. The lowest BCUT2D eigenvalue weighted by atomic mass is 9.83. The summed E-state index contributed by atoms with van der Waals surface area (Å²) in [6.07, 6.45) is 1.84. The van der Waals surface area contributed by atoms with E-state index in [2.05, 4.69) is 13.8 Å². The highest BCUT2D eigenvalue weighted by molar-refractivity contribution is 7.88. The number of nitrogen functional groups attached to an aromatic ring is 1. The SMILES string of the molecule is CC1(C)CCN(S(=O)(=O)Cc2cccc(N)c2)CC1. The van der Waals surface area contributed by atoms with Crippen molar-refractivity contribution in [1.29, 1.82) is 0 Å². The quantitative estimate of drug-likeness (QED) is 0.865. The minimum atomic E-state index is -3.23. The molecule has 0 aromatic heterocycles. The molecule has 1 saturated heterocycles. The van der Waals surface area contributed by atoms with Crippen LogP contribution in [-0.2, 0) is 15.8 Å². The van der Waals surface area contributed by atoms with Crippen LogP contribution in [0.5, 0.6) is 0 Å². The minimum absolute atomic E-state index is 0.0401. The van der Waals surface area contributed by atoms with E-state index in [1.807, 2.05) is 6.07 Å². The van der Waals surface area contributed by atoms with Crippen LogP contribution in [0.2, 0.25) is 0 Å². The van der Waals surface area contributed by atoms with Crippen LogP contribution in [0.3, 0.4) is 0 Å². The summed E-state index contributed by atoms with van der Waals surface area (Å²) in [5.74, 6) is 0.0401. The van der Waals surface area contributed by atoms with Crippen molar-refractivity contribution in [2.45, 2.75) is 32.4 Å². The smallest absolute Gasteiger partial charge is 0.218 e. The Morgan fingerprint density at radius 2 is 1.89 bits per heavy atom. The predicted molar refractivity (Wildman–Crippen MR) is 78.1 cm³/mol. The lowest BCUT2D eigenvalue weighted by Crippen LogP contribution is -2.41. The molecule has 19 heavy (non-hydrogen) atoms. The third kappa shape index (κ3) is 3.70. The van der Waals surface area contributed by atoms with Crippen molar-refractivity contribution in [2.75, 3.05) is 18.8 Å². The van der Waals surface area contributed by atoms with Crippen LogP contribution >= 0.6 is 0 Å². The van der Waals surface area contributed by atoms with E-state index >= 15 is 0 Å². The van der Waals surface area contributed by atoms with Gasteiger partial charge in [-0.15, -0.1) is 0 Å². The number of nitrogens with two attached hydrogens (primary N) is 1. The molecule has 106 valence electrons. The van der Waals surface area contributed by atoms with Gasteiger partial charge in [0, 0.05) is 18.8 Å². The zero-order valence-electron chi connectivity index (χ0n) is 11.6. The number of hydrogen-bond acceptors (Lipinski definition) is 3. The molecule has 5 heteroatoms. The van der Waals surface area contributed by atoms with Crippen molar-refractivity contribution < 1.29 is 8.42 Å². The van der Waals surface area contributed by atoms with Gasteiger partial charge >= 0.3 is 0 Å². The van der Waals surface area contributed by atoms with Crippen molar-refractivity contribution in [2.24, 2.45) is 5.41 Å². The molecule has 0 aliphatic carbocycles. The molecule has 1 aromatic carbocycles. The molecule has 1 aliphatic rings. The second kappa shape index (κ2) is 5.13. The molecule has 0 radical (unpaired) electrons. The number of piperidine rings is 1. The first-order valence-corrected chi connectivity index (χ1v) is 8.22. The summed E-state index contributed by atoms with van der Waals surface area (Å²) in [4.78, 5) is 0. The van der Waals surface area contributed by atoms with Gasteiger partial charge in [-0.1, -0.05) is 26.0 Å². The van der Waals surface area contributed by atoms with Crippen LogP contribution in [0.1, 0.15) is 32.3 Å².